The molecule has 1 saturated heterocycles. The summed E-state index contributed by atoms with van der Waals surface area (Å²) in [5.74, 6) is -1.90. The van der Waals surface area contributed by atoms with Crippen molar-refractivity contribution in [1.82, 2.24) is 0 Å². The van der Waals surface area contributed by atoms with Crippen molar-refractivity contribution >= 4 is 5.97 Å². The fraction of sp³-hybridized carbons (Fsp3) is 0.938. The minimum absolute atomic E-state index is 0.402. The van der Waals surface area contributed by atoms with Crippen molar-refractivity contribution < 1.29 is 30.0 Å². The highest BCUT2D eigenvalue weighted by Crippen LogP contribution is 2.29. The zero-order valence-corrected chi connectivity index (χ0v) is 13.5. The highest BCUT2D eigenvalue weighted by atomic mass is 16.5. The van der Waals surface area contributed by atoms with Crippen LogP contribution >= 0.6 is 0 Å². The second-order valence-electron chi connectivity index (χ2n) is 6.28. The van der Waals surface area contributed by atoms with Crippen molar-refractivity contribution in [3.05, 3.63) is 0 Å². The second kappa shape index (κ2) is 9.45. The third-order valence-electron chi connectivity index (χ3n) is 4.47. The molecule has 4 N–H and O–H groups in total. The van der Waals surface area contributed by atoms with Crippen molar-refractivity contribution in [2.45, 2.75) is 89.3 Å². The molecule has 0 saturated carbocycles. The molecule has 1 fully saturated rings. The van der Waals surface area contributed by atoms with Gasteiger partial charge in [0.05, 0.1) is 18.1 Å². The smallest absolute Gasteiger partial charge is 0.309 e. The summed E-state index contributed by atoms with van der Waals surface area (Å²) in [7, 11) is 0. The van der Waals surface area contributed by atoms with Crippen LogP contribution in [0.1, 0.15) is 58.8 Å². The minimum Gasteiger partial charge on any atom is -0.481 e. The largest absolute Gasteiger partial charge is 0.481 e. The first-order valence-electron chi connectivity index (χ1n) is 8.32. The lowest BCUT2D eigenvalue weighted by molar-refractivity contribution is -0.232. The van der Waals surface area contributed by atoms with Crippen LogP contribution in [0.15, 0.2) is 0 Å². The van der Waals surface area contributed by atoms with Gasteiger partial charge in [0.2, 0.25) is 0 Å². The van der Waals surface area contributed by atoms with E-state index in [1.165, 1.54) is 6.42 Å². The average Bonchev–Trinajstić information content (AvgIpc) is 2.48. The first-order chi connectivity index (χ1) is 10.4. The Balaban J connectivity index is 2.53. The Morgan fingerprint density at radius 1 is 1.00 bits per heavy atom. The molecule has 0 aromatic heterocycles. The van der Waals surface area contributed by atoms with Crippen molar-refractivity contribution in [2.75, 3.05) is 0 Å². The van der Waals surface area contributed by atoms with Crippen LogP contribution in [0.3, 0.4) is 0 Å². The monoisotopic (exact) mass is 318 g/mol. The molecule has 6 nitrogen and oxygen atoms in total. The summed E-state index contributed by atoms with van der Waals surface area (Å²) >= 11 is 0. The number of hydrogen-bond acceptors (Lipinski definition) is 5. The molecule has 0 aliphatic carbocycles. The van der Waals surface area contributed by atoms with Crippen LogP contribution in [0.4, 0.5) is 0 Å². The van der Waals surface area contributed by atoms with E-state index in [9.17, 15) is 25.2 Å². The van der Waals surface area contributed by atoms with Gasteiger partial charge in [0.1, 0.15) is 18.3 Å². The van der Waals surface area contributed by atoms with E-state index in [2.05, 4.69) is 6.92 Å². The van der Waals surface area contributed by atoms with Crippen molar-refractivity contribution in [1.29, 1.82) is 0 Å². The molecule has 0 aromatic carbocycles. The van der Waals surface area contributed by atoms with E-state index in [4.69, 9.17) is 4.74 Å². The van der Waals surface area contributed by atoms with Crippen LogP contribution in [0.5, 0.6) is 0 Å². The van der Waals surface area contributed by atoms with Crippen LogP contribution in [0.25, 0.3) is 0 Å². The lowest BCUT2D eigenvalue weighted by Crippen LogP contribution is -2.59. The van der Waals surface area contributed by atoms with E-state index in [-0.39, 0.29) is 0 Å². The van der Waals surface area contributed by atoms with Crippen LogP contribution < -0.4 is 0 Å². The molecule has 1 aliphatic rings. The van der Waals surface area contributed by atoms with Gasteiger partial charge in [0, 0.05) is 0 Å². The Hall–Kier alpha value is -0.690. The predicted octanol–water partition coefficient (Wildman–Crippen LogP) is 1.31. The molecular formula is C16H30O6. The second-order valence-corrected chi connectivity index (χ2v) is 6.28. The fourth-order valence-corrected chi connectivity index (χ4v) is 2.99. The minimum atomic E-state index is -1.38. The van der Waals surface area contributed by atoms with Gasteiger partial charge < -0.3 is 25.2 Å². The predicted molar refractivity (Wildman–Crippen MR) is 81.5 cm³/mol. The number of aliphatic hydroxyl groups is 3. The number of aliphatic hydroxyl groups excluding tert-OH is 3. The highest BCUT2D eigenvalue weighted by molar-refractivity contribution is 5.70. The first kappa shape index (κ1) is 19.4. The van der Waals surface area contributed by atoms with Gasteiger partial charge in [-0.2, -0.15) is 0 Å². The third-order valence-corrected chi connectivity index (χ3v) is 4.47. The molecule has 0 radical (unpaired) electrons. The van der Waals surface area contributed by atoms with Gasteiger partial charge in [-0.1, -0.05) is 45.4 Å². The molecular weight excluding hydrogens is 288 g/mol. The summed E-state index contributed by atoms with van der Waals surface area (Å²) < 4.78 is 5.46. The van der Waals surface area contributed by atoms with E-state index in [0.29, 0.717) is 6.42 Å². The van der Waals surface area contributed by atoms with Gasteiger partial charge in [0.25, 0.3) is 0 Å². The Morgan fingerprint density at radius 3 is 2.18 bits per heavy atom. The number of carboxylic acid groups (broad SMARTS) is 1. The summed E-state index contributed by atoms with van der Waals surface area (Å²) in [6.45, 7) is 3.71. The molecule has 0 aromatic rings. The lowest BCUT2D eigenvalue weighted by atomic mass is 9.85. The number of ether oxygens (including phenoxy) is 1. The summed E-state index contributed by atoms with van der Waals surface area (Å²) in [6.07, 6.45) is 1.04. The van der Waals surface area contributed by atoms with Gasteiger partial charge >= 0.3 is 5.97 Å². The van der Waals surface area contributed by atoms with E-state index in [1.54, 1.807) is 6.92 Å². The average molecular weight is 318 g/mol. The molecule has 0 bridgehead atoms. The quantitative estimate of drug-likeness (QED) is 0.477. The zero-order chi connectivity index (χ0) is 16.7. The number of unbranched alkanes of at least 4 members (excludes halogenated alkanes) is 5. The standard InChI is InChI=1S/C16H30O6/c1-3-4-5-6-7-8-9-11(16(20)21)15-14(19)13(18)12(17)10(2)22-15/h10-15,17-19H,3-9H2,1-2H3,(H,20,21)/t10-,11?,12-,13+,14+,15?/m0/s1. The van der Waals surface area contributed by atoms with E-state index < -0.39 is 42.4 Å². The number of carbonyl (C=O) groups is 1. The third kappa shape index (κ3) is 5.19. The summed E-state index contributed by atoms with van der Waals surface area (Å²) in [6, 6.07) is 0. The normalized spacial score (nSPS) is 33.6. The molecule has 6 atom stereocenters. The maximum atomic E-state index is 11.5. The fourth-order valence-electron chi connectivity index (χ4n) is 2.99. The van der Waals surface area contributed by atoms with Gasteiger partial charge in [-0.3, -0.25) is 4.79 Å². The van der Waals surface area contributed by atoms with E-state index in [1.807, 2.05) is 0 Å². The molecule has 1 rings (SSSR count). The van der Waals surface area contributed by atoms with Crippen molar-refractivity contribution in [3.8, 4) is 0 Å². The Kier molecular flexibility index (Phi) is 8.31. The SMILES string of the molecule is CCCCCCCCC(C(=O)O)C1O[C@@H](C)[C@H](O)[C@@H](O)[C@H]1O. The summed E-state index contributed by atoms with van der Waals surface area (Å²) in [4.78, 5) is 11.5. The molecule has 0 spiro atoms. The number of carboxylic acids is 1. The lowest BCUT2D eigenvalue weighted by Gasteiger charge is -2.41. The zero-order valence-electron chi connectivity index (χ0n) is 13.5. The Bertz CT molecular complexity index is 335. The van der Waals surface area contributed by atoms with Crippen LogP contribution in [-0.4, -0.2) is 56.9 Å². The van der Waals surface area contributed by atoms with Gasteiger partial charge in [-0.25, -0.2) is 0 Å². The van der Waals surface area contributed by atoms with Gasteiger partial charge in [-0.05, 0) is 13.3 Å². The van der Waals surface area contributed by atoms with Crippen LogP contribution in [-0.2, 0) is 9.53 Å². The molecule has 22 heavy (non-hydrogen) atoms. The van der Waals surface area contributed by atoms with Crippen molar-refractivity contribution in [3.63, 3.8) is 0 Å². The first-order valence-corrected chi connectivity index (χ1v) is 8.32. The van der Waals surface area contributed by atoms with Crippen molar-refractivity contribution in [2.24, 2.45) is 5.92 Å². The molecule has 2 unspecified atom stereocenters. The molecule has 130 valence electrons. The molecule has 1 aliphatic heterocycles. The van der Waals surface area contributed by atoms with E-state index >= 15 is 0 Å². The summed E-state index contributed by atoms with van der Waals surface area (Å²) in [5, 5.41) is 38.9. The number of hydrogen-bond donors (Lipinski definition) is 4. The van der Waals surface area contributed by atoms with E-state index in [0.717, 1.165) is 32.1 Å². The maximum absolute atomic E-state index is 11.5. The molecule has 6 heteroatoms. The summed E-state index contributed by atoms with van der Waals surface area (Å²) in [5.41, 5.74) is 0. The highest BCUT2D eigenvalue weighted by Gasteiger charge is 2.46. The van der Waals surface area contributed by atoms with Crippen LogP contribution in [0, 0.1) is 5.92 Å². The molecule has 0 amide bonds. The van der Waals surface area contributed by atoms with Gasteiger partial charge in [0.15, 0.2) is 0 Å². The Morgan fingerprint density at radius 2 is 1.59 bits per heavy atom. The Labute approximate surface area is 132 Å². The topological polar surface area (TPSA) is 107 Å². The maximum Gasteiger partial charge on any atom is 0.309 e. The van der Waals surface area contributed by atoms with Gasteiger partial charge in [-0.15, -0.1) is 0 Å². The number of aliphatic carboxylic acids is 1. The number of rotatable bonds is 9. The molecule has 1 heterocycles. The van der Waals surface area contributed by atoms with Crippen LogP contribution in [0.2, 0.25) is 0 Å².